The molecule has 0 N–H and O–H groups in total. The Bertz CT molecular complexity index is 1210. The molecule has 1 unspecified atom stereocenters. The van der Waals surface area contributed by atoms with Crippen molar-refractivity contribution in [1.82, 2.24) is 0 Å². The summed E-state index contributed by atoms with van der Waals surface area (Å²) in [5.41, 5.74) is 12.6. The van der Waals surface area contributed by atoms with Crippen molar-refractivity contribution in [3.63, 3.8) is 0 Å². The topological polar surface area (TPSA) is 0 Å². The van der Waals surface area contributed by atoms with Gasteiger partial charge in [-0.2, -0.15) is 35.4 Å². The first-order valence-corrected chi connectivity index (χ1v) is 14.6. The molecule has 38 heavy (non-hydrogen) atoms. The molecule has 3 aromatic rings. The predicted molar refractivity (Wildman–Crippen MR) is 154 cm³/mol. The Balaban J connectivity index is 0.000000369. The van der Waals surface area contributed by atoms with Crippen LogP contribution in [0.25, 0.3) is 16.7 Å². The molecule has 0 saturated heterocycles. The minimum Gasteiger partial charge on any atom is -1.00 e. The van der Waals surface area contributed by atoms with Crippen molar-refractivity contribution in [2.45, 2.75) is 72.6 Å². The van der Waals surface area contributed by atoms with E-state index in [4.69, 9.17) is 0 Å². The van der Waals surface area contributed by atoms with Crippen molar-refractivity contribution in [2.24, 2.45) is 5.92 Å². The summed E-state index contributed by atoms with van der Waals surface area (Å²) >= 11 is 1.30. The first-order chi connectivity index (χ1) is 16.9. The van der Waals surface area contributed by atoms with E-state index in [0.29, 0.717) is 5.92 Å². The van der Waals surface area contributed by atoms with Gasteiger partial charge in [0.15, 0.2) is 0 Å². The van der Waals surface area contributed by atoms with Crippen LogP contribution in [0.2, 0.25) is 0 Å². The molecular weight excluding hydrogens is 583 g/mol. The van der Waals surface area contributed by atoms with Gasteiger partial charge >= 0.3 is 28.4 Å². The number of benzene rings is 3. The third-order valence-electron chi connectivity index (χ3n) is 6.81. The Morgan fingerprint density at radius 3 is 1.95 bits per heavy atom. The predicted octanol–water partition coefficient (Wildman–Crippen LogP) is 3.10. The Hall–Kier alpha value is -1.53. The van der Waals surface area contributed by atoms with E-state index in [-0.39, 0.29) is 35.6 Å². The number of hydrogen-bond donors (Lipinski definition) is 0. The first-order valence-electron chi connectivity index (χ1n) is 12.9. The summed E-state index contributed by atoms with van der Waals surface area (Å²) < 4.78 is 3.34. The molecule has 0 spiro atoms. The molecule has 0 aromatic heterocycles. The van der Waals surface area contributed by atoms with Gasteiger partial charge in [0.25, 0.3) is 0 Å². The molecule has 3 aromatic carbocycles. The molecule has 2 aliphatic rings. The molecule has 0 aliphatic heterocycles. The largest absolute Gasteiger partial charge is 1.00 e. The maximum atomic E-state index is 3.67. The van der Waals surface area contributed by atoms with Crippen LogP contribution in [0.15, 0.2) is 72.3 Å². The Kier molecular flexibility index (Phi) is 12.9. The average Bonchev–Trinajstić information content (AvgIpc) is 3.38. The van der Waals surface area contributed by atoms with Crippen molar-refractivity contribution in [3.8, 4) is 11.1 Å². The Labute approximate surface area is 259 Å². The molecule has 0 nitrogen and oxygen atoms in total. The van der Waals surface area contributed by atoms with E-state index in [1.165, 1.54) is 74.3 Å². The zero-order valence-corrected chi connectivity index (χ0v) is 28.1. The molecule has 3 heteroatoms. The normalized spacial score (nSPS) is 15.2. The van der Waals surface area contributed by atoms with Crippen LogP contribution < -0.4 is 24.8 Å². The third-order valence-corrected chi connectivity index (χ3v) is 6.81. The molecule has 5 rings (SSSR count). The van der Waals surface area contributed by atoms with Crippen LogP contribution in [0.3, 0.4) is 0 Å². The summed E-state index contributed by atoms with van der Waals surface area (Å²) in [5.74, 6) is 0.468. The van der Waals surface area contributed by atoms with E-state index < -0.39 is 0 Å². The summed E-state index contributed by atoms with van der Waals surface area (Å²) in [5, 5.41) is 0. The van der Waals surface area contributed by atoms with Crippen molar-refractivity contribution in [1.29, 1.82) is 0 Å². The van der Waals surface area contributed by atoms with Gasteiger partial charge in [-0.05, 0) is 28.4 Å². The molecule has 1 atom stereocenters. The summed E-state index contributed by atoms with van der Waals surface area (Å²) in [6.07, 6.45) is 6.68. The van der Waals surface area contributed by atoms with Crippen molar-refractivity contribution in [2.75, 3.05) is 0 Å². The van der Waals surface area contributed by atoms with Gasteiger partial charge in [-0.15, -0.1) is 16.7 Å². The first kappa shape index (κ1) is 34.5. The number of hydrogen-bond acceptors (Lipinski definition) is 0. The van der Waals surface area contributed by atoms with E-state index in [0.717, 1.165) is 6.42 Å². The number of allylic oxidation sites excluding steroid dienone is 4. The molecule has 0 radical (unpaired) electrons. The molecule has 0 heterocycles. The van der Waals surface area contributed by atoms with Gasteiger partial charge in [0.05, 0.1) is 0 Å². The van der Waals surface area contributed by atoms with Crippen LogP contribution in [0.5, 0.6) is 0 Å². The second-order valence-corrected chi connectivity index (χ2v) is 11.8. The number of rotatable bonds is 1. The number of halogens is 2. The molecule has 200 valence electrons. The molecule has 0 saturated carbocycles. The molecular formula is C35H40Cl2Zr-2. The second-order valence-electron chi connectivity index (χ2n) is 11.8. The maximum Gasteiger partial charge on any atom is -1.00 e. The van der Waals surface area contributed by atoms with E-state index >= 15 is 0 Å². The van der Waals surface area contributed by atoms with Crippen LogP contribution in [0, 0.1) is 18.1 Å². The van der Waals surface area contributed by atoms with Gasteiger partial charge in [-0.25, -0.2) is 5.57 Å². The zero-order chi connectivity index (χ0) is 26.7. The fourth-order valence-electron chi connectivity index (χ4n) is 4.79. The maximum absolute atomic E-state index is 3.67. The summed E-state index contributed by atoms with van der Waals surface area (Å²) in [6.45, 7) is 17.9. The summed E-state index contributed by atoms with van der Waals surface area (Å²) in [4.78, 5) is 0. The van der Waals surface area contributed by atoms with Gasteiger partial charge < -0.3 is 24.8 Å². The fourth-order valence-corrected chi connectivity index (χ4v) is 4.79. The van der Waals surface area contributed by atoms with Gasteiger partial charge in [0, 0.05) is 0 Å². The van der Waals surface area contributed by atoms with E-state index in [1.54, 1.807) is 0 Å². The fraction of sp³-hybridized carbons (Fsp3) is 0.343. The summed E-state index contributed by atoms with van der Waals surface area (Å²) in [6, 6.07) is 25.7. The molecule has 0 amide bonds. The van der Waals surface area contributed by atoms with Gasteiger partial charge in [0.2, 0.25) is 0 Å². The monoisotopic (exact) mass is 620 g/mol. The van der Waals surface area contributed by atoms with Gasteiger partial charge in [-0.1, -0.05) is 115 Å². The SMILES string of the molecule is CC(C)(C)c1[c-]c2c(cc1)-c1ccc(C(C)(C)C)cc1C2.CC1=[C-]C(C)C=C1c1ccccc1.[CH2]=[Zr+2].[Cl-].[Cl-]. The van der Waals surface area contributed by atoms with Crippen LogP contribution in [-0.4, -0.2) is 4.21 Å². The van der Waals surface area contributed by atoms with Crippen LogP contribution in [0.4, 0.5) is 0 Å². The van der Waals surface area contributed by atoms with E-state index in [1.807, 2.05) is 6.07 Å². The summed E-state index contributed by atoms with van der Waals surface area (Å²) in [7, 11) is 0. The minimum absolute atomic E-state index is 0. The van der Waals surface area contributed by atoms with E-state index in [2.05, 4.69) is 132 Å². The molecule has 0 fully saturated rings. The Morgan fingerprint density at radius 1 is 0.816 bits per heavy atom. The van der Waals surface area contributed by atoms with Crippen molar-refractivity contribution in [3.05, 3.63) is 112 Å². The van der Waals surface area contributed by atoms with Gasteiger partial charge in [-0.3, -0.25) is 6.08 Å². The van der Waals surface area contributed by atoms with E-state index in [9.17, 15) is 0 Å². The van der Waals surface area contributed by atoms with Crippen LogP contribution >= 0.6 is 0 Å². The quantitative estimate of drug-likeness (QED) is 0.287. The standard InChI is InChI=1S/C21H25.C13H13.CH2.2ClH.Zr/c1-20(2,3)16-7-9-18-14(12-16)11-15-13-17(21(4,5)6)8-10-19(15)18;1-10-8-11(2)13(9-10)12-6-4-3-5-7-12;;;;/h7-10,12H,11H2,1-6H3;3-7,9-10H,1-2H3;1H2;2*1H;/q2*-1;;;;+2/p-2. The smallest absolute Gasteiger partial charge is 1.00 e. The van der Waals surface area contributed by atoms with Crippen molar-refractivity contribution < 1.29 is 49.0 Å². The van der Waals surface area contributed by atoms with Crippen molar-refractivity contribution >= 4 is 9.78 Å². The molecule has 2 aliphatic carbocycles. The minimum atomic E-state index is 0. The second kappa shape index (κ2) is 14.2. The average molecular weight is 623 g/mol. The third kappa shape index (κ3) is 8.24. The Morgan fingerprint density at radius 2 is 1.42 bits per heavy atom. The van der Waals surface area contributed by atoms with Crippen LogP contribution in [0.1, 0.15) is 83.2 Å². The molecule has 0 bridgehead atoms. The van der Waals surface area contributed by atoms with Gasteiger partial charge in [0.1, 0.15) is 0 Å². The zero-order valence-electron chi connectivity index (χ0n) is 24.1. The van der Waals surface area contributed by atoms with Crippen LogP contribution in [-0.2, 0) is 41.5 Å². The number of fused-ring (bicyclic) bond motifs is 3.